The van der Waals surface area contributed by atoms with E-state index in [1.54, 1.807) is 18.3 Å². The number of aliphatic hydroxyl groups is 1. The average molecular weight is 181 g/mol. The maximum absolute atomic E-state index is 11.2. The molecule has 0 aliphatic rings. The SMILES string of the molecule is O=C(OCCCO)c1cccnc1. The maximum atomic E-state index is 11.2. The number of hydrogen-bond donors (Lipinski definition) is 1. The molecular weight excluding hydrogens is 170 g/mol. The summed E-state index contributed by atoms with van der Waals surface area (Å²) in [4.78, 5) is 15.0. The van der Waals surface area contributed by atoms with Crippen molar-refractivity contribution in [3.63, 3.8) is 0 Å². The third-order valence-electron chi connectivity index (χ3n) is 1.43. The lowest BCUT2D eigenvalue weighted by Crippen LogP contribution is -2.07. The number of rotatable bonds is 4. The van der Waals surface area contributed by atoms with Gasteiger partial charge in [0.2, 0.25) is 0 Å². The number of aromatic nitrogens is 1. The van der Waals surface area contributed by atoms with Crippen molar-refractivity contribution in [3.05, 3.63) is 30.1 Å². The Labute approximate surface area is 76.2 Å². The largest absolute Gasteiger partial charge is 0.462 e. The van der Waals surface area contributed by atoms with Gasteiger partial charge in [0.05, 0.1) is 12.2 Å². The topological polar surface area (TPSA) is 59.4 Å². The van der Waals surface area contributed by atoms with Gasteiger partial charge in [-0.05, 0) is 12.1 Å². The Morgan fingerprint density at radius 2 is 2.46 bits per heavy atom. The van der Waals surface area contributed by atoms with Crippen molar-refractivity contribution in [1.29, 1.82) is 0 Å². The van der Waals surface area contributed by atoms with Crippen LogP contribution in [0.4, 0.5) is 0 Å². The molecule has 1 N–H and O–H groups in total. The monoisotopic (exact) mass is 181 g/mol. The smallest absolute Gasteiger partial charge is 0.339 e. The van der Waals surface area contributed by atoms with E-state index in [0.717, 1.165) is 0 Å². The lowest BCUT2D eigenvalue weighted by atomic mass is 10.3. The Balaban J connectivity index is 2.40. The second kappa shape index (κ2) is 5.27. The molecule has 70 valence electrons. The molecule has 4 nitrogen and oxygen atoms in total. The standard InChI is InChI=1S/C9H11NO3/c11-5-2-6-13-9(12)8-3-1-4-10-7-8/h1,3-4,7,11H,2,5-6H2. The van der Waals surface area contributed by atoms with Crippen molar-refractivity contribution in [3.8, 4) is 0 Å². The molecule has 1 aromatic heterocycles. The average Bonchev–Trinajstić information content (AvgIpc) is 2.19. The molecule has 4 heteroatoms. The van der Waals surface area contributed by atoms with E-state index in [1.165, 1.54) is 6.20 Å². The number of aliphatic hydroxyl groups excluding tert-OH is 1. The molecule has 0 fully saturated rings. The zero-order valence-electron chi connectivity index (χ0n) is 7.14. The van der Waals surface area contributed by atoms with Crippen LogP contribution in [0.3, 0.4) is 0 Å². The fourth-order valence-corrected chi connectivity index (χ4v) is 0.796. The normalized spacial score (nSPS) is 9.62. The molecule has 1 rings (SSSR count). The molecule has 0 bridgehead atoms. The van der Waals surface area contributed by atoms with Crippen LogP contribution in [0.25, 0.3) is 0 Å². The van der Waals surface area contributed by atoms with Gasteiger partial charge in [-0.25, -0.2) is 4.79 Å². The Bertz CT molecular complexity index is 261. The van der Waals surface area contributed by atoms with Gasteiger partial charge in [0.15, 0.2) is 0 Å². The zero-order valence-corrected chi connectivity index (χ0v) is 7.14. The highest BCUT2D eigenvalue weighted by molar-refractivity contribution is 5.88. The van der Waals surface area contributed by atoms with E-state index >= 15 is 0 Å². The molecule has 0 atom stereocenters. The fourth-order valence-electron chi connectivity index (χ4n) is 0.796. The summed E-state index contributed by atoms with van der Waals surface area (Å²) < 4.78 is 4.83. The number of pyridine rings is 1. The molecule has 0 aliphatic carbocycles. The van der Waals surface area contributed by atoms with Gasteiger partial charge in [0.1, 0.15) is 0 Å². The first-order valence-corrected chi connectivity index (χ1v) is 4.02. The second-order valence-corrected chi connectivity index (χ2v) is 2.45. The Morgan fingerprint density at radius 3 is 3.08 bits per heavy atom. The van der Waals surface area contributed by atoms with Gasteiger partial charge in [-0.1, -0.05) is 0 Å². The highest BCUT2D eigenvalue weighted by atomic mass is 16.5. The van der Waals surface area contributed by atoms with Gasteiger partial charge in [0.25, 0.3) is 0 Å². The van der Waals surface area contributed by atoms with E-state index in [0.29, 0.717) is 12.0 Å². The molecule has 0 amide bonds. The summed E-state index contributed by atoms with van der Waals surface area (Å²) >= 11 is 0. The van der Waals surface area contributed by atoms with E-state index in [2.05, 4.69) is 4.98 Å². The lowest BCUT2D eigenvalue weighted by molar-refractivity contribution is 0.0481. The maximum Gasteiger partial charge on any atom is 0.339 e. The summed E-state index contributed by atoms with van der Waals surface area (Å²) in [5.74, 6) is -0.401. The van der Waals surface area contributed by atoms with E-state index < -0.39 is 5.97 Å². The van der Waals surface area contributed by atoms with Crippen LogP contribution in [0, 0.1) is 0 Å². The van der Waals surface area contributed by atoms with E-state index in [9.17, 15) is 4.79 Å². The first-order valence-electron chi connectivity index (χ1n) is 4.02. The zero-order chi connectivity index (χ0) is 9.52. The summed E-state index contributed by atoms with van der Waals surface area (Å²) in [6, 6.07) is 3.30. The van der Waals surface area contributed by atoms with Crippen LogP contribution in [0.2, 0.25) is 0 Å². The number of ether oxygens (including phenoxy) is 1. The van der Waals surface area contributed by atoms with Crippen LogP contribution in [0.5, 0.6) is 0 Å². The number of nitrogens with zero attached hydrogens (tertiary/aromatic N) is 1. The van der Waals surface area contributed by atoms with Crippen LogP contribution < -0.4 is 0 Å². The molecule has 0 aromatic carbocycles. The van der Waals surface area contributed by atoms with Gasteiger partial charge in [-0.2, -0.15) is 0 Å². The molecule has 0 saturated carbocycles. The van der Waals surface area contributed by atoms with Crippen molar-refractivity contribution in [2.75, 3.05) is 13.2 Å². The van der Waals surface area contributed by atoms with Gasteiger partial charge in [0, 0.05) is 25.4 Å². The molecule has 1 heterocycles. The van der Waals surface area contributed by atoms with Gasteiger partial charge >= 0.3 is 5.97 Å². The summed E-state index contributed by atoms with van der Waals surface area (Å²) in [7, 11) is 0. The van der Waals surface area contributed by atoms with E-state index in [4.69, 9.17) is 9.84 Å². The van der Waals surface area contributed by atoms with Crippen LogP contribution >= 0.6 is 0 Å². The van der Waals surface area contributed by atoms with Gasteiger partial charge in [-0.15, -0.1) is 0 Å². The molecule has 13 heavy (non-hydrogen) atoms. The molecule has 0 aliphatic heterocycles. The third kappa shape index (κ3) is 3.21. The van der Waals surface area contributed by atoms with E-state index in [1.807, 2.05) is 0 Å². The Hall–Kier alpha value is -1.42. The summed E-state index contributed by atoms with van der Waals surface area (Å²) in [5, 5.41) is 8.45. The number of esters is 1. The predicted octanol–water partition coefficient (Wildman–Crippen LogP) is 0.621. The molecule has 1 aromatic rings. The van der Waals surface area contributed by atoms with Crippen molar-refractivity contribution < 1.29 is 14.6 Å². The minimum Gasteiger partial charge on any atom is -0.462 e. The number of hydrogen-bond acceptors (Lipinski definition) is 4. The quantitative estimate of drug-likeness (QED) is 0.546. The fraction of sp³-hybridized carbons (Fsp3) is 0.333. The minimum absolute atomic E-state index is 0.0281. The predicted molar refractivity (Wildman–Crippen MR) is 46.2 cm³/mol. The number of carbonyl (C=O) groups excluding carboxylic acids is 1. The van der Waals surface area contributed by atoms with Crippen LogP contribution in [-0.4, -0.2) is 29.3 Å². The van der Waals surface area contributed by atoms with E-state index in [-0.39, 0.29) is 13.2 Å². The first kappa shape index (κ1) is 9.67. The first-order chi connectivity index (χ1) is 6.34. The van der Waals surface area contributed by atoms with Crippen LogP contribution in [-0.2, 0) is 4.74 Å². The Kier molecular flexibility index (Phi) is 3.92. The van der Waals surface area contributed by atoms with Gasteiger partial charge < -0.3 is 9.84 Å². The van der Waals surface area contributed by atoms with Crippen molar-refractivity contribution in [1.82, 2.24) is 4.98 Å². The number of carbonyl (C=O) groups is 1. The van der Waals surface area contributed by atoms with Crippen molar-refractivity contribution in [2.24, 2.45) is 0 Å². The lowest BCUT2D eigenvalue weighted by Gasteiger charge is -2.01. The molecular formula is C9H11NO3. The molecule has 0 saturated heterocycles. The molecule has 0 radical (unpaired) electrons. The van der Waals surface area contributed by atoms with Crippen LogP contribution in [0.15, 0.2) is 24.5 Å². The van der Waals surface area contributed by atoms with Gasteiger partial charge in [-0.3, -0.25) is 4.98 Å². The third-order valence-corrected chi connectivity index (χ3v) is 1.43. The highest BCUT2D eigenvalue weighted by Gasteiger charge is 2.04. The Morgan fingerprint density at radius 1 is 1.62 bits per heavy atom. The molecule has 0 spiro atoms. The molecule has 0 unspecified atom stereocenters. The van der Waals surface area contributed by atoms with Crippen LogP contribution in [0.1, 0.15) is 16.8 Å². The summed E-state index contributed by atoms with van der Waals surface area (Å²) in [5.41, 5.74) is 0.431. The second-order valence-electron chi connectivity index (χ2n) is 2.45. The summed E-state index contributed by atoms with van der Waals surface area (Å²) in [6.45, 7) is 0.268. The summed E-state index contributed by atoms with van der Waals surface area (Å²) in [6.07, 6.45) is 3.50. The van der Waals surface area contributed by atoms with Crippen molar-refractivity contribution in [2.45, 2.75) is 6.42 Å². The highest BCUT2D eigenvalue weighted by Crippen LogP contribution is 1.98. The van der Waals surface area contributed by atoms with Crippen molar-refractivity contribution >= 4 is 5.97 Å². The minimum atomic E-state index is -0.401.